The molecule has 0 bridgehead atoms. The number of carbonyl (C=O) groups is 1. The van der Waals surface area contributed by atoms with Crippen LogP contribution < -0.4 is 9.62 Å². The molecule has 206 valence electrons. The van der Waals surface area contributed by atoms with Crippen LogP contribution >= 0.6 is 0 Å². The van der Waals surface area contributed by atoms with E-state index in [0.717, 1.165) is 35.4 Å². The molecule has 1 fully saturated rings. The summed E-state index contributed by atoms with van der Waals surface area (Å²) in [6.45, 7) is 0.286. The number of rotatable bonds is 8. The first-order chi connectivity index (χ1) is 19.3. The number of nitrogens with zero attached hydrogens (tertiary/aromatic N) is 3. The molecule has 3 aromatic carbocycles. The number of nitrogens with one attached hydrogen (secondary N) is 1. The Hall–Kier alpha value is -3.82. The average Bonchev–Trinajstić information content (AvgIpc) is 3.66. The molecule has 2 aliphatic carbocycles. The monoisotopic (exact) mass is 558 g/mol. The van der Waals surface area contributed by atoms with Crippen LogP contribution in [0.2, 0.25) is 0 Å². The summed E-state index contributed by atoms with van der Waals surface area (Å²) in [5.74, 6) is 0.255. The Balaban J connectivity index is 1.31. The molecule has 40 heavy (non-hydrogen) atoms. The van der Waals surface area contributed by atoms with Gasteiger partial charge in [-0.05, 0) is 84.7 Å². The van der Waals surface area contributed by atoms with Crippen molar-refractivity contribution >= 4 is 21.6 Å². The Bertz CT molecular complexity index is 1640. The largest absolute Gasteiger partial charge is 0.337 e. The number of aryl methyl sites for hydroxylation is 2. The van der Waals surface area contributed by atoms with Crippen LogP contribution in [0.4, 0.5) is 10.1 Å². The smallest absolute Gasteiger partial charge is 0.241 e. The lowest BCUT2D eigenvalue weighted by molar-refractivity contribution is -0.120. The maximum absolute atomic E-state index is 14.0. The Morgan fingerprint density at radius 3 is 2.60 bits per heavy atom. The van der Waals surface area contributed by atoms with Crippen molar-refractivity contribution in [2.45, 2.75) is 49.1 Å². The molecule has 1 unspecified atom stereocenters. The molecule has 1 N–H and O–H groups in total. The zero-order chi connectivity index (χ0) is 27.9. The summed E-state index contributed by atoms with van der Waals surface area (Å²) >= 11 is 0. The van der Waals surface area contributed by atoms with E-state index in [9.17, 15) is 17.6 Å². The minimum atomic E-state index is -3.71. The summed E-state index contributed by atoms with van der Waals surface area (Å²) in [4.78, 5) is 20.4. The Morgan fingerprint density at radius 2 is 1.88 bits per heavy atom. The van der Waals surface area contributed by atoms with Crippen molar-refractivity contribution in [1.82, 2.24) is 14.3 Å². The molecular formula is C31H31FN4O3S. The number of carbonyl (C=O) groups excluding carboxylic acids is 1. The molecule has 9 heteroatoms. The molecule has 1 heterocycles. The first-order valence-corrected chi connectivity index (χ1v) is 15.0. The highest BCUT2D eigenvalue weighted by Gasteiger charge is 2.46. The summed E-state index contributed by atoms with van der Waals surface area (Å²) < 4.78 is 44.6. The van der Waals surface area contributed by atoms with E-state index in [0.29, 0.717) is 18.5 Å². The summed E-state index contributed by atoms with van der Waals surface area (Å²) in [6.07, 6.45) is 6.64. The first-order valence-electron chi connectivity index (χ1n) is 13.5. The fraction of sp³-hybridized carbons (Fsp3) is 0.290. The van der Waals surface area contributed by atoms with E-state index in [-0.39, 0.29) is 35.0 Å². The van der Waals surface area contributed by atoms with Gasteiger partial charge in [-0.15, -0.1) is 0 Å². The van der Waals surface area contributed by atoms with E-state index < -0.39 is 16.1 Å². The number of benzene rings is 3. The van der Waals surface area contributed by atoms with Gasteiger partial charge in [0.1, 0.15) is 11.6 Å². The second kappa shape index (κ2) is 10.6. The van der Waals surface area contributed by atoms with Crippen molar-refractivity contribution in [3.8, 4) is 0 Å². The highest BCUT2D eigenvalue weighted by Crippen LogP contribution is 2.49. The van der Waals surface area contributed by atoms with Crippen LogP contribution in [-0.4, -0.2) is 23.9 Å². The summed E-state index contributed by atoms with van der Waals surface area (Å²) in [5, 5.41) is 0. The summed E-state index contributed by atoms with van der Waals surface area (Å²) in [7, 11) is -1.82. The molecule has 1 aromatic heterocycles. The van der Waals surface area contributed by atoms with Gasteiger partial charge in [0.25, 0.3) is 0 Å². The molecule has 7 nitrogen and oxygen atoms in total. The minimum absolute atomic E-state index is 0.0190. The van der Waals surface area contributed by atoms with Crippen LogP contribution in [0.1, 0.15) is 53.7 Å². The molecular weight excluding hydrogens is 527 g/mol. The maximum Gasteiger partial charge on any atom is 0.241 e. The molecule has 4 aromatic rings. The predicted octanol–water partition coefficient (Wildman–Crippen LogP) is 5.25. The number of hydrogen-bond donors (Lipinski definition) is 1. The second-order valence-electron chi connectivity index (χ2n) is 10.6. The van der Waals surface area contributed by atoms with Gasteiger partial charge in [-0.3, -0.25) is 4.79 Å². The number of sulfonamides is 1. The SMILES string of the molecule is Cn1ccnc1CN(C(=O)C1C[C@@H]1c1ccc(F)cc1)c1ccc2c(c1)[C@@H](NS(=O)(=O)c1ccccc1)CCC2. The van der Waals surface area contributed by atoms with Crippen molar-refractivity contribution < 1.29 is 17.6 Å². The Kier molecular flexibility index (Phi) is 7.02. The third kappa shape index (κ3) is 5.31. The van der Waals surface area contributed by atoms with Gasteiger partial charge in [0.2, 0.25) is 15.9 Å². The van der Waals surface area contributed by atoms with Crippen LogP contribution in [0.15, 0.2) is 90.1 Å². The molecule has 0 saturated heterocycles. The topological polar surface area (TPSA) is 84.3 Å². The van der Waals surface area contributed by atoms with Crippen LogP contribution in [0.5, 0.6) is 0 Å². The zero-order valence-electron chi connectivity index (χ0n) is 22.2. The van der Waals surface area contributed by atoms with Gasteiger partial charge in [-0.1, -0.05) is 36.4 Å². The van der Waals surface area contributed by atoms with Crippen LogP contribution in [0, 0.1) is 11.7 Å². The van der Waals surface area contributed by atoms with E-state index in [1.54, 1.807) is 53.6 Å². The first kappa shape index (κ1) is 26.4. The van der Waals surface area contributed by atoms with Gasteiger partial charge in [-0.25, -0.2) is 22.5 Å². The molecule has 1 saturated carbocycles. The molecule has 0 aliphatic heterocycles. The van der Waals surface area contributed by atoms with Crippen molar-refractivity contribution in [2.75, 3.05) is 4.90 Å². The standard InChI is InChI=1S/C31H31FN4O3S/c1-35-17-16-33-30(35)20-36(31(37)28-19-26(28)22-10-13-23(32)14-11-22)24-15-12-21-6-5-9-29(27(21)18-24)34-40(38,39)25-7-3-2-4-8-25/h2-4,7-8,10-18,26,28-29,34H,5-6,9,19-20H2,1H3/t26-,28?,29+/m1/s1. The van der Waals surface area contributed by atoms with Crippen molar-refractivity contribution in [3.05, 3.63) is 114 Å². The van der Waals surface area contributed by atoms with Crippen LogP contribution in [0.3, 0.4) is 0 Å². The van der Waals surface area contributed by atoms with Gasteiger partial charge < -0.3 is 9.47 Å². The highest BCUT2D eigenvalue weighted by molar-refractivity contribution is 7.89. The van der Waals surface area contributed by atoms with Crippen molar-refractivity contribution in [2.24, 2.45) is 13.0 Å². The lowest BCUT2D eigenvalue weighted by atomic mass is 9.87. The number of anilines is 1. The van der Waals surface area contributed by atoms with Gasteiger partial charge in [0.15, 0.2) is 0 Å². The van der Waals surface area contributed by atoms with Gasteiger partial charge in [-0.2, -0.15) is 0 Å². The van der Waals surface area contributed by atoms with Crippen molar-refractivity contribution in [1.29, 1.82) is 0 Å². The highest BCUT2D eigenvalue weighted by atomic mass is 32.2. The van der Waals surface area contributed by atoms with E-state index in [2.05, 4.69) is 9.71 Å². The lowest BCUT2D eigenvalue weighted by Gasteiger charge is -2.29. The third-order valence-corrected chi connectivity index (χ3v) is 9.49. The van der Waals surface area contributed by atoms with E-state index >= 15 is 0 Å². The van der Waals surface area contributed by atoms with Gasteiger partial charge in [0, 0.05) is 37.1 Å². The third-order valence-electron chi connectivity index (χ3n) is 8.00. The average molecular weight is 559 g/mol. The number of amides is 1. The molecule has 1 amide bonds. The van der Waals surface area contributed by atoms with E-state index in [1.807, 2.05) is 36.0 Å². The number of halogens is 1. The Labute approximate surface area is 233 Å². The molecule has 6 rings (SSSR count). The quantitative estimate of drug-likeness (QED) is 0.320. The number of fused-ring (bicyclic) bond motifs is 1. The number of aromatic nitrogens is 2. The normalized spacial score (nSPS) is 20.1. The predicted molar refractivity (Wildman–Crippen MR) is 151 cm³/mol. The minimum Gasteiger partial charge on any atom is -0.337 e. The van der Waals surface area contributed by atoms with Gasteiger partial charge >= 0.3 is 0 Å². The molecule has 0 spiro atoms. The van der Waals surface area contributed by atoms with Crippen molar-refractivity contribution in [3.63, 3.8) is 0 Å². The molecule has 0 radical (unpaired) electrons. The fourth-order valence-corrected chi connectivity index (χ4v) is 6.94. The number of hydrogen-bond acceptors (Lipinski definition) is 4. The lowest BCUT2D eigenvalue weighted by Crippen LogP contribution is -2.34. The fourth-order valence-electron chi connectivity index (χ4n) is 5.66. The number of imidazole rings is 1. The van der Waals surface area contributed by atoms with E-state index in [1.165, 1.54) is 12.1 Å². The molecule has 3 atom stereocenters. The molecule has 2 aliphatic rings. The van der Waals surface area contributed by atoms with Crippen LogP contribution in [0.25, 0.3) is 0 Å². The van der Waals surface area contributed by atoms with E-state index in [4.69, 9.17) is 0 Å². The zero-order valence-corrected chi connectivity index (χ0v) is 23.0. The summed E-state index contributed by atoms with van der Waals surface area (Å²) in [5.41, 5.74) is 3.64. The summed E-state index contributed by atoms with van der Waals surface area (Å²) in [6, 6.07) is 20.3. The Morgan fingerprint density at radius 1 is 1.10 bits per heavy atom. The van der Waals surface area contributed by atoms with Crippen LogP contribution in [-0.2, 0) is 34.8 Å². The second-order valence-corrected chi connectivity index (χ2v) is 12.4. The maximum atomic E-state index is 14.0. The van der Waals surface area contributed by atoms with Gasteiger partial charge in [0.05, 0.1) is 11.4 Å².